The molecule has 5 amide bonds. The van der Waals surface area contributed by atoms with Gasteiger partial charge < -0.3 is 94.5 Å². The van der Waals surface area contributed by atoms with E-state index in [0.717, 1.165) is 21.0 Å². The number of nitrogens with one attached hydrogen (secondary N) is 5. The van der Waals surface area contributed by atoms with Crippen LogP contribution in [0.25, 0.3) is 0 Å². The van der Waals surface area contributed by atoms with Gasteiger partial charge >= 0.3 is 5.97 Å². The second kappa shape index (κ2) is 24.2. The van der Waals surface area contributed by atoms with Crippen molar-refractivity contribution in [2.75, 3.05) is 20.3 Å². The van der Waals surface area contributed by atoms with E-state index in [1.807, 2.05) is 5.43 Å². The van der Waals surface area contributed by atoms with Crippen LogP contribution in [0.3, 0.4) is 0 Å². The van der Waals surface area contributed by atoms with Gasteiger partial charge in [0.2, 0.25) is 23.6 Å². The Labute approximate surface area is 370 Å². The van der Waals surface area contributed by atoms with Gasteiger partial charge in [0, 0.05) is 33.8 Å². The minimum atomic E-state index is -2.26. The molecule has 4 aliphatic heterocycles. The molecule has 4 heterocycles. The Balaban J connectivity index is 1.56. The normalized spacial score (nSPS) is 39.6. The molecule has 0 radical (unpaired) electrons. The second-order valence-corrected chi connectivity index (χ2v) is 15.7. The number of unbranched alkanes of at least 4 members (excludes halogenated alkanes) is 1. The van der Waals surface area contributed by atoms with E-state index in [2.05, 4.69) is 21.5 Å². The van der Waals surface area contributed by atoms with Crippen molar-refractivity contribution in [3.05, 3.63) is 0 Å². The maximum atomic E-state index is 13.3. The third kappa shape index (κ3) is 13.2. The van der Waals surface area contributed by atoms with Crippen molar-refractivity contribution in [3.63, 3.8) is 0 Å². The lowest BCUT2D eigenvalue weighted by Crippen LogP contribution is -2.71. The number of hydrogen-bond donors (Lipinski definition) is 15. The van der Waals surface area contributed by atoms with E-state index in [4.69, 9.17) is 43.7 Å². The molecular formula is C36H60N6O23. The van der Waals surface area contributed by atoms with E-state index in [1.54, 1.807) is 0 Å². The topological polar surface area (TPSA) is 445 Å². The zero-order valence-corrected chi connectivity index (χ0v) is 35.6. The lowest BCUT2D eigenvalue weighted by Gasteiger charge is -2.50. The summed E-state index contributed by atoms with van der Waals surface area (Å²) in [5.74, 6) is -0.526. The molecule has 0 bridgehead atoms. The van der Waals surface area contributed by atoms with Crippen LogP contribution >= 0.6 is 0 Å². The number of carboxylic acids is 1. The van der Waals surface area contributed by atoms with Gasteiger partial charge in [-0.05, 0) is 19.8 Å². The van der Waals surface area contributed by atoms with Crippen molar-refractivity contribution in [3.8, 4) is 0 Å². The summed E-state index contributed by atoms with van der Waals surface area (Å²) < 4.78 is 45.2. The fourth-order valence-corrected chi connectivity index (χ4v) is 7.71. The summed E-state index contributed by atoms with van der Waals surface area (Å²) in [5.41, 5.74) is 6.16. The highest BCUT2D eigenvalue weighted by atomic mass is 16.8. The molecule has 20 atom stereocenters. The van der Waals surface area contributed by atoms with Crippen LogP contribution in [-0.4, -0.2) is 224 Å². The van der Waals surface area contributed by atoms with Gasteiger partial charge in [-0.2, -0.15) is 0 Å². The van der Waals surface area contributed by atoms with Gasteiger partial charge in [0.25, 0.3) is 5.91 Å². The van der Waals surface area contributed by atoms with Crippen molar-refractivity contribution in [2.24, 2.45) is 5.84 Å². The predicted octanol–water partition coefficient (Wildman–Crippen LogP) is -8.94. The first-order valence-electron chi connectivity index (χ1n) is 20.5. The number of amides is 5. The Morgan fingerprint density at radius 1 is 0.585 bits per heavy atom. The lowest BCUT2D eigenvalue weighted by molar-refractivity contribution is -0.366. The standard InChI is InChI=1S/C36H60N6O23/c1-11-18(38-12(2)45)26(20(49)14(9-43)59-11)61-36-25(54)23(52)29(31(65-36)33(56)57)63-34-19(39-13(3)46)27(21(50)15(10-44)60-34)62-35-24(53)22(51)28(58-4)30(64-35)32(55)42-41-17(48)8-6-5-7-16(47)40-37/h11,14-15,18-31,34-36,43-44,49-54H,5-10,37H2,1-4H3,(H,38,45)(H,39,46)(H,40,47)(H,41,48)(H,42,55)(H,56,57)/t11-,14?,15?,18?,19?,20+,21+,22+,23+,24?,25?,26+,27+,28-,29-,30?,31?,34-,35+,36+/m0/s1. The molecule has 29 nitrogen and oxygen atoms in total. The molecule has 0 aromatic heterocycles. The molecule has 4 aliphatic rings. The van der Waals surface area contributed by atoms with Crippen LogP contribution < -0.4 is 32.8 Å². The van der Waals surface area contributed by atoms with Crippen molar-refractivity contribution < 1.29 is 113 Å². The highest BCUT2D eigenvalue weighted by molar-refractivity contribution is 5.85. The Morgan fingerprint density at radius 2 is 1.06 bits per heavy atom. The van der Waals surface area contributed by atoms with Gasteiger partial charge in [0.15, 0.2) is 31.1 Å². The van der Waals surface area contributed by atoms with Gasteiger partial charge in [0.05, 0.1) is 25.4 Å². The Morgan fingerprint density at radius 3 is 1.57 bits per heavy atom. The average molecular weight is 945 g/mol. The summed E-state index contributed by atoms with van der Waals surface area (Å²) in [4.78, 5) is 74.2. The fourth-order valence-electron chi connectivity index (χ4n) is 7.71. The highest BCUT2D eigenvalue weighted by Crippen LogP contribution is 2.35. The van der Waals surface area contributed by atoms with Gasteiger partial charge in [-0.3, -0.25) is 40.3 Å². The summed E-state index contributed by atoms with van der Waals surface area (Å²) in [6, 6.07) is -2.94. The summed E-state index contributed by atoms with van der Waals surface area (Å²) in [6.45, 7) is 1.89. The zero-order valence-electron chi connectivity index (χ0n) is 35.6. The number of aliphatic hydroxyl groups excluding tert-OH is 8. The number of aliphatic carboxylic acids is 1. The van der Waals surface area contributed by atoms with Crippen LogP contribution in [0.1, 0.15) is 46.5 Å². The van der Waals surface area contributed by atoms with Crippen LogP contribution in [0.4, 0.5) is 0 Å². The number of nitrogens with two attached hydrogens (primary N) is 1. The molecule has 0 aliphatic carbocycles. The third-order valence-electron chi connectivity index (χ3n) is 11.0. The van der Waals surface area contributed by atoms with Gasteiger partial charge in [-0.15, -0.1) is 0 Å². The number of carbonyl (C=O) groups is 6. The predicted molar refractivity (Wildman–Crippen MR) is 206 cm³/mol. The van der Waals surface area contributed by atoms with E-state index in [-0.39, 0.29) is 25.7 Å². The fraction of sp³-hybridized carbons (Fsp3) is 0.833. The van der Waals surface area contributed by atoms with Crippen molar-refractivity contribution >= 4 is 35.5 Å². The Hall–Kier alpha value is -3.86. The minimum absolute atomic E-state index is 0.0401. The maximum absolute atomic E-state index is 13.3. The van der Waals surface area contributed by atoms with Crippen LogP contribution in [0, 0.1) is 0 Å². The lowest BCUT2D eigenvalue weighted by atomic mass is 9.92. The maximum Gasteiger partial charge on any atom is 0.335 e. The quantitative estimate of drug-likeness (QED) is 0.0263. The molecule has 4 fully saturated rings. The first-order valence-corrected chi connectivity index (χ1v) is 20.5. The average Bonchev–Trinajstić information content (AvgIpc) is 3.26. The van der Waals surface area contributed by atoms with Crippen LogP contribution in [0.5, 0.6) is 0 Å². The zero-order chi connectivity index (χ0) is 48.4. The summed E-state index contributed by atoms with van der Waals surface area (Å²) in [5, 5.41) is 102. The Kier molecular flexibility index (Phi) is 20.1. The number of aliphatic hydroxyl groups is 8. The number of methoxy groups -OCH3 is 1. The van der Waals surface area contributed by atoms with Crippen LogP contribution in [0.2, 0.25) is 0 Å². The van der Waals surface area contributed by atoms with Crippen LogP contribution in [-0.2, 0) is 66.7 Å². The molecule has 16 N–H and O–H groups in total. The molecule has 372 valence electrons. The monoisotopic (exact) mass is 944 g/mol. The molecular weight excluding hydrogens is 884 g/mol. The minimum Gasteiger partial charge on any atom is -0.479 e. The van der Waals surface area contributed by atoms with E-state index >= 15 is 0 Å². The number of ether oxygens (including phenoxy) is 8. The molecule has 0 spiro atoms. The van der Waals surface area contributed by atoms with Gasteiger partial charge in [0.1, 0.15) is 79.3 Å². The van der Waals surface area contributed by atoms with Crippen LogP contribution in [0.15, 0.2) is 0 Å². The van der Waals surface area contributed by atoms with Gasteiger partial charge in [-0.1, -0.05) is 0 Å². The Bertz CT molecular complexity index is 1640. The second-order valence-electron chi connectivity index (χ2n) is 15.7. The van der Waals surface area contributed by atoms with E-state index in [9.17, 15) is 74.7 Å². The molecule has 4 saturated heterocycles. The molecule has 0 saturated carbocycles. The molecule has 0 aromatic carbocycles. The largest absolute Gasteiger partial charge is 0.479 e. The molecule has 29 heteroatoms. The first kappa shape index (κ1) is 53.8. The summed E-state index contributed by atoms with van der Waals surface area (Å²) in [7, 11) is 1.06. The van der Waals surface area contributed by atoms with E-state index in [0.29, 0.717) is 0 Å². The summed E-state index contributed by atoms with van der Waals surface area (Å²) in [6.07, 6.45) is -33.1. The van der Waals surface area contributed by atoms with E-state index < -0.39 is 171 Å². The molecule has 0 aromatic rings. The first-order chi connectivity index (χ1) is 30.7. The third-order valence-corrected chi connectivity index (χ3v) is 11.0. The SMILES string of the molecule is CO[C@@H]1C(C(=O)NNC(=O)CCCCC(=O)NN)O[C@@H](O[C@@H]2C(NC(C)=O)[C@H](O[C@@H]3C(C(=O)O)O[C@@H](O[C@@H]4C(NC(C)=O)[C@H](C)OC(CO)[C@H]4O)C(O)[C@H]3O)OC(CO)[C@H]2O)C(O)[C@H]1O. The number of carboxylic acid groups (broad SMARTS) is 1. The van der Waals surface area contributed by atoms with Crippen molar-refractivity contribution in [2.45, 2.75) is 169 Å². The number of carbonyl (C=O) groups excluding carboxylic acids is 5. The highest BCUT2D eigenvalue weighted by Gasteiger charge is 2.57. The smallest absolute Gasteiger partial charge is 0.335 e. The molecule has 65 heavy (non-hydrogen) atoms. The molecule has 4 rings (SSSR count). The number of hydrogen-bond acceptors (Lipinski definition) is 23. The number of hydrazine groups is 2. The van der Waals surface area contributed by atoms with Crippen molar-refractivity contribution in [1.82, 2.24) is 26.9 Å². The number of rotatable bonds is 18. The van der Waals surface area contributed by atoms with Gasteiger partial charge in [-0.25, -0.2) is 10.6 Å². The molecule has 8 unspecified atom stereocenters. The van der Waals surface area contributed by atoms with Crippen molar-refractivity contribution in [1.29, 1.82) is 0 Å². The van der Waals surface area contributed by atoms with E-state index in [1.165, 1.54) is 6.92 Å². The summed E-state index contributed by atoms with van der Waals surface area (Å²) >= 11 is 0.